The number of halogens is 1. The first kappa shape index (κ1) is 22.2. The van der Waals surface area contributed by atoms with Crippen molar-refractivity contribution >= 4 is 23.1 Å². The molecule has 1 N–H and O–H groups in total. The first-order chi connectivity index (χ1) is 15.8. The summed E-state index contributed by atoms with van der Waals surface area (Å²) < 4.78 is 18.9. The lowest BCUT2D eigenvalue weighted by molar-refractivity contribution is -0.132. The molecule has 0 spiro atoms. The molecule has 2 heterocycles. The lowest BCUT2D eigenvalue weighted by Crippen LogP contribution is -2.29. The number of aromatic nitrogens is 1. The average Bonchev–Trinajstić information content (AvgIpc) is 3.09. The number of aliphatic hydroxyl groups excluding tert-OH is 1. The summed E-state index contributed by atoms with van der Waals surface area (Å²) in [6.45, 7) is 3.98. The predicted octanol–water partition coefficient (Wildman–Crippen LogP) is 4.98. The number of ether oxygens (including phenoxy) is 1. The molecule has 168 valence electrons. The van der Waals surface area contributed by atoms with Crippen molar-refractivity contribution in [2.75, 3.05) is 12.0 Å². The quantitative estimate of drug-likeness (QED) is 0.340. The van der Waals surface area contributed by atoms with Crippen LogP contribution in [0.15, 0.2) is 72.6 Å². The van der Waals surface area contributed by atoms with Crippen LogP contribution in [0.4, 0.5) is 10.1 Å². The Balaban J connectivity index is 1.93. The monoisotopic (exact) mass is 446 g/mol. The molecule has 1 atom stereocenters. The van der Waals surface area contributed by atoms with Crippen molar-refractivity contribution in [2.45, 2.75) is 25.8 Å². The van der Waals surface area contributed by atoms with Gasteiger partial charge < -0.3 is 9.84 Å². The van der Waals surface area contributed by atoms with Gasteiger partial charge in [-0.25, -0.2) is 4.39 Å². The molecule has 0 radical (unpaired) electrons. The van der Waals surface area contributed by atoms with Gasteiger partial charge in [-0.15, -0.1) is 0 Å². The highest BCUT2D eigenvalue weighted by Gasteiger charge is 2.47. The van der Waals surface area contributed by atoms with E-state index in [4.69, 9.17) is 4.74 Å². The smallest absolute Gasteiger partial charge is 0.300 e. The van der Waals surface area contributed by atoms with Crippen LogP contribution in [0.25, 0.3) is 5.76 Å². The van der Waals surface area contributed by atoms with E-state index in [0.29, 0.717) is 22.6 Å². The molecule has 6 nitrogen and oxygen atoms in total. The summed E-state index contributed by atoms with van der Waals surface area (Å²) in [5.74, 6) is -1.63. The second-order valence-electron chi connectivity index (χ2n) is 8.04. The number of hydrogen-bond acceptors (Lipinski definition) is 5. The van der Waals surface area contributed by atoms with Crippen LogP contribution in [0.1, 0.15) is 42.5 Å². The van der Waals surface area contributed by atoms with E-state index in [2.05, 4.69) is 4.98 Å². The van der Waals surface area contributed by atoms with Crippen LogP contribution in [-0.4, -0.2) is 28.9 Å². The SMILES string of the molecule is COc1ccc(/C(O)=C2/C(=O)C(=O)N(c3ccc(F)cc3)C2c2cccnc2)cc1C(C)C. The third-order valence-corrected chi connectivity index (χ3v) is 5.67. The van der Waals surface area contributed by atoms with Gasteiger partial charge in [0.25, 0.3) is 11.7 Å². The Morgan fingerprint density at radius 2 is 1.85 bits per heavy atom. The van der Waals surface area contributed by atoms with Gasteiger partial charge in [-0.2, -0.15) is 0 Å². The van der Waals surface area contributed by atoms with Gasteiger partial charge in [-0.1, -0.05) is 19.9 Å². The van der Waals surface area contributed by atoms with E-state index in [1.54, 1.807) is 43.6 Å². The van der Waals surface area contributed by atoms with Gasteiger partial charge in [-0.3, -0.25) is 19.5 Å². The number of methoxy groups -OCH3 is 1. The molecule has 0 aliphatic carbocycles. The van der Waals surface area contributed by atoms with E-state index in [-0.39, 0.29) is 17.3 Å². The molecule has 1 unspecified atom stereocenters. The highest BCUT2D eigenvalue weighted by Crippen LogP contribution is 2.42. The number of rotatable bonds is 5. The number of anilines is 1. The van der Waals surface area contributed by atoms with Crippen molar-refractivity contribution < 1.29 is 23.8 Å². The van der Waals surface area contributed by atoms with Gasteiger partial charge in [0, 0.05) is 23.6 Å². The summed E-state index contributed by atoms with van der Waals surface area (Å²) in [5.41, 5.74) is 2.07. The zero-order chi connectivity index (χ0) is 23.7. The van der Waals surface area contributed by atoms with Crippen LogP contribution in [0, 0.1) is 5.82 Å². The standard InChI is InChI=1S/C26H23FN2O4/c1-15(2)20-13-16(6-11-21(20)33-3)24(30)22-23(17-5-4-12-28-14-17)29(26(32)25(22)31)19-9-7-18(27)8-10-19/h4-15,23,30H,1-3H3/b24-22-. The van der Waals surface area contributed by atoms with Crippen molar-refractivity contribution in [3.8, 4) is 5.75 Å². The molecule has 1 fully saturated rings. The number of nitrogens with zero attached hydrogens (tertiary/aromatic N) is 2. The van der Waals surface area contributed by atoms with Crippen LogP contribution >= 0.6 is 0 Å². The molecule has 2 aromatic carbocycles. The number of hydrogen-bond donors (Lipinski definition) is 1. The molecule has 1 aliphatic heterocycles. The summed E-state index contributed by atoms with van der Waals surface area (Å²) in [4.78, 5) is 31.6. The number of Topliss-reactive ketones (excluding diaryl/α,β-unsaturated/α-hetero) is 1. The molecule has 3 aromatic rings. The van der Waals surface area contributed by atoms with Gasteiger partial charge in [0.15, 0.2) is 0 Å². The zero-order valence-corrected chi connectivity index (χ0v) is 18.4. The molecular formula is C26H23FN2O4. The van der Waals surface area contributed by atoms with Gasteiger partial charge in [0.05, 0.1) is 18.7 Å². The van der Waals surface area contributed by atoms with Crippen molar-refractivity contribution in [3.05, 3.63) is 95.1 Å². The minimum Gasteiger partial charge on any atom is -0.507 e. The summed E-state index contributed by atoms with van der Waals surface area (Å²) in [6, 6.07) is 12.9. The third-order valence-electron chi connectivity index (χ3n) is 5.67. The lowest BCUT2D eigenvalue weighted by atomic mass is 9.93. The summed E-state index contributed by atoms with van der Waals surface area (Å²) in [7, 11) is 1.57. The minimum atomic E-state index is -0.922. The number of ketones is 1. The number of carbonyl (C=O) groups is 2. The normalized spacial score (nSPS) is 17.6. The number of aliphatic hydroxyl groups is 1. The Hall–Kier alpha value is -4.00. The summed E-state index contributed by atoms with van der Waals surface area (Å²) >= 11 is 0. The van der Waals surface area contributed by atoms with Crippen LogP contribution in [-0.2, 0) is 9.59 Å². The van der Waals surface area contributed by atoms with Gasteiger partial charge in [-0.05, 0) is 65.6 Å². The zero-order valence-electron chi connectivity index (χ0n) is 18.4. The Bertz CT molecular complexity index is 1240. The number of benzene rings is 2. The molecule has 7 heteroatoms. The Labute approximate surface area is 191 Å². The lowest BCUT2D eigenvalue weighted by Gasteiger charge is -2.25. The minimum absolute atomic E-state index is 0.0582. The molecule has 1 amide bonds. The van der Waals surface area contributed by atoms with Gasteiger partial charge >= 0.3 is 0 Å². The van der Waals surface area contributed by atoms with Crippen LogP contribution in [0.2, 0.25) is 0 Å². The maximum absolute atomic E-state index is 13.5. The molecule has 0 bridgehead atoms. The number of amides is 1. The molecular weight excluding hydrogens is 423 g/mol. The van der Waals surface area contributed by atoms with Gasteiger partial charge in [0.1, 0.15) is 17.3 Å². The fourth-order valence-corrected chi connectivity index (χ4v) is 4.04. The van der Waals surface area contributed by atoms with E-state index < -0.39 is 23.5 Å². The molecule has 1 saturated heterocycles. The third kappa shape index (κ3) is 3.98. The van der Waals surface area contributed by atoms with E-state index in [9.17, 15) is 19.1 Å². The average molecular weight is 446 g/mol. The summed E-state index contributed by atoms with van der Waals surface area (Å²) in [6.07, 6.45) is 3.11. The Kier molecular flexibility index (Phi) is 5.96. The van der Waals surface area contributed by atoms with Crippen LogP contribution < -0.4 is 9.64 Å². The molecule has 33 heavy (non-hydrogen) atoms. The highest BCUT2D eigenvalue weighted by atomic mass is 19.1. The second kappa shape index (κ2) is 8.86. The molecule has 4 rings (SSSR count). The maximum atomic E-state index is 13.5. The van der Waals surface area contributed by atoms with Crippen LogP contribution in [0.5, 0.6) is 5.75 Å². The van der Waals surface area contributed by atoms with Crippen molar-refractivity contribution in [2.24, 2.45) is 0 Å². The van der Waals surface area contributed by atoms with E-state index in [1.165, 1.54) is 35.4 Å². The first-order valence-electron chi connectivity index (χ1n) is 10.5. The fourth-order valence-electron chi connectivity index (χ4n) is 4.04. The largest absolute Gasteiger partial charge is 0.507 e. The topological polar surface area (TPSA) is 79.7 Å². The first-order valence-corrected chi connectivity index (χ1v) is 10.5. The second-order valence-corrected chi connectivity index (χ2v) is 8.04. The van der Waals surface area contributed by atoms with Crippen molar-refractivity contribution in [3.63, 3.8) is 0 Å². The fraction of sp³-hybridized carbons (Fsp3) is 0.192. The van der Waals surface area contributed by atoms with E-state index in [1.807, 2.05) is 13.8 Å². The summed E-state index contributed by atoms with van der Waals surface area (Å²) in [5, 5.41) is 11.3. The maximum Gasteiger partial charge on any atom is 0.300 e. The molecule has 1 aliphatic rings. The van der Waals surface area contributed by atoms with Crippen molar-refractivity contribution in [1.29, 1.82) is 0 Å². The highest BCUT2D eigenvalue weighted by molar-refractivity contribution is 6.51. The Morgan fingerprint density at radius 1 is 1.12 bits per heavy atom. The number of carbonyl (C=O) groups excluding carboxylic acids is 2. The molecule has 0 saturated carbocycles. The Morgan fingerprint density at radius 3 is 2.45 bits per heavy atom. The van der Waals surface area contributed by atoms with Gasteiger partial charge in [0.2, 0.25) is 0 Å². The van der Waals surface area contributed by atoms with Crippen LogP contribution in [0.3, 0.4) is 0 Å². The van der Waals surface area contributed by atoms with E-state index in [0.717, 1.165) is 5.56 Å². The predicted molar refractivity (Wildman–Crippen MR) is 123 cm³/mol. The molecule has 1 aromatic heterocycles. The van der Waals surface area contributed by atoms with Crippen molar-refractivity contribution in [1.82, 2.24) is 4.98 Å². The van der Waals surface area contributed by atoms with E-state index >= 15 is 0 Å². The number of pyridine rings is 1.